The summed E-state index contributed by atoms with van der Waals surface area (Å²) in [5.41, 5.74) is 16.6. The Hall–Kier alpha value is -8.15. The van der Waals surface area contributed by atoms with Crippen LogP contribution in [0.1, 0.15) is 29.3 Å². The van der Waals surface area contributed by atoms with Gasteiger partial charge >= 0.3 is 0 Å². The molecule has 3 heterocycles. The van der Waals surface area contributed by atoms with Crippen molar-refractivity contribution in [2.24, 2.45) is 0 Å². The van der Waals surface area contributed by atoms with Crippen LogP contribution in [0.4, 0.5) is 0 Å². The van der Waals surface area contributed by atoms with Gasteiger partial charge in [0.2, 0.25) is 0 Å². The molecule has 2 aliphatic rings. The van der Waals surface area contributed by atoms with Crippen molar-refractivity contribution in [1.29, 1.82) is 0 Å². The molecule has 8 aromatic carbocycles. The molecule has 0 fully saturated rings. The lowest BCUT2D eigenvalue weighted by Gasteiger charge is -2.19. The van der Waals surface area contributed by atoms with Crippen LogP contribution in [0.5, 0.6) is 0 Å². The molecule has 0 aliphatic heterocycles. The zero-order chi connectivity index (χ0) is 42.1. The van der Waals surface area contributed by atoms with Gasteiger partial charge in [0, 0.05) is 50.0 Å². The Morgan fingerprint density at radius 2 is 1.08 bits per heavy atom. The van der Waals surface area contributed by atoms with Gasteiger partial charge in [-0.25, -0.2) is 15.0 Å². The number of para-hydroxylation sites is 1. The first kappa shape index (κ1) is 36.5. The van der Waals surface area contributed by atoms with Crippen LogP contribution in [0.15, 0.2) is 206 Å². The molecule has 5 heteroatoms. The zero-order valence-electron chi connectivity index (χ0n) is 35.1. The molecular weight excluding hydrogens is 779 g/mol. The van der Waals surface area contributed by atoms with Crippen molar-refractivity contribution < 1.29 is 0 Å². The van der Waals surface area contributed by atoms with E-state index < -0.39 is 0 Å². The summed E-state index contributed by atoms with van der Waals surface area (Å²) in [6, 6.07) is 65.9. The molecule has 3 aromatic heterocycles. The molecule has 11 aromatic rings. The van der Waals surface area contributed by atoms with Crippen molar-refractivity contribution in [2.75, 3.05) is 0 Å². The highest BCUT2D eigenvalue weighted by Gasteiger charge is 2.27. The van der Waals surface area contributed by atoms with Gasteiger partial charge in [0.15, 0.2) is 11.6 Å². The number of benzene rings is 8. The molecular formula is C59H41N5. The number of fused-ring (bicyclic) bond motifs is 4. The van der Waals surface area contributed by atoms with E-state index in [-0.39, 0.29) is 5.92 Å². The summed E-state index contributed by atoms with van der Waals surface area (Å²) in [7, 11) is 0. The monoisotopic (exact) mass is 819 g/mol. The van der Waals surface area contributed by atoms with E-state index in [9.17, 15) is 0 Å². The molecule has 2 aliphatic carbocycles. The van der Waals surface area contributed by atoms with Gasteiger partial charge in [0.25, 0.3) is 0 Å². The van der Waals surface area contributed by atoms with Crippen LogP contribution in [0.3, 0.4) is 0 Å². The van der Waals surface area contributed by atoms with E-state index in [4.69, 9.17) is 15.0 Å². The minimum atomic E-state index is 0.0626. The van der Waals surface area contributed by atoms with Crippen LogP contribution in [0.25, 0.3) is 100 Å². The van der Waals surface area contributed by atoms with Crippen molar-refractivity contribution in [3.8, 4) is 56.4 Å². The summed E-state index contributed by atoms with van der Waals surface area (Å²) in [6.07, 6.45) is 11.4. The number of allylic oxidation sites excluding steroid dienone is 4. The third-order valence-corrected chi connectivity index (χ3v) is 13.3. The molecule has 0 bridgehead atoms. The first-order valence-electron chi connectivity index (χ1n) is 22.3. The molecule has 0 N–H and O–H groups in total. The number of hydrogen-bond donors (Lipinski definition) is 0. The predicted octanol–water partition coefficient (Wildman–Crippen LogP) is 14.4. The maximum atomic E-state index is 5.29. The van der Waals surface area contributed by atoms with Crippen molar-refractivity contribution in [1.82, 2.24) is 24.1 Å². The molecule has 0 amide bonds. The third kappa shape index (κ3) is 5.89. The number of aromatic nitrogens is 5. The Bertz CT molecular complexity index is 3670. The smallest absolute Gasteiger partial charge is 0.163 e. The van der Waals surface area contributed by atoms with Gasteiger partial charge in [-0.05, 0) is 101 Å². The number of rotatable bonds is 7. The van der Waals surface area contributed by atoms with E-state index in [0.717, 1.165) is 53.0 Å². The fraction of sp³-hybridized carbons (Fsp3) is 0.0678. The molecule has 0 saturated heterocycles. The van der Waals surface area contributed by atoms with Crippen molar-refractivity contribution in [2.45, 2.75) is 25.2 Å². The summed E-state index contributed by atoms with van der Waals surface area (Å²) >= 11 is 0. The first-order chi connectivity index (χ1) is 31.7. The van der Waals surface area contributed by atoms with Crippen LogP contribution >= 0.6 is 0 Å². The highest BCUT2D eigenvalue weighted by atomic mass is 15.0. The lowest BCUT2D eigenvalue weighted by molar-refractivity contribution is 0.764. The van der Waals surface area contributed by atoms with E-state index in [1.807, 2.05) is 18.2 Å². The molecule has 302 valence electrons. The van der Waals surface area contributed by atoms with Gasteiger partial charge in [0.1, 0.15) is 5.82 Å². The average molecular weight is 820 g/mol. The summed E-state index contributed by atoms with van der Waals surface area (Å²) in [5, 5.41) is 5.20. The van der Waals surface area contributed by atoms with Gasteiger partial charge in [-0.1, -0.05) is 158 Å². The maximum Gasteiger partial charge on any atom is 0.163 e. The summed E-state index contributed by atoms with van der Waals surface area (Å²) in [5.74, 6) is 2.19. The second-order valence-corrected chi connectivity index (χ2v) is 17.1. The SMILES string of the molecule is C1=CCC(c2nc(-c3ccccc3)nc(-c3cc(-c4ccccc4)cc(-n4c5ccccc5c5cc6c7c(c54)CCc4cccc(c47)n6-c4ccc(-c5ccccc5)cc4)c3)n2)C=C1. The van der Waals surface area contributed by atoms with E-state index in [2.05, 4.69) is 197 Å². The number of hydrogen-bond acceptors (Lipinski definition) is 3. The molecule has 13 rings (SSSR count). The van der Waals surface area contributed by atoms with Gasteiger partial charge < -0.3 is 9.13 Å². The molecule has 0 radical (unpaired) electrons. The normalized spacial score (nSPS) is 14.4. The quantitative estimate of drug-likeness (QED) is 0.161. The van der Waals surface area contributed by atoms with Gasteiger partial charge in [0.05, 0.1) is 22.1 Å². The number of nitrogens with zero attached hydrogens (tertiary/aromatic N) is 5. The summed E-state index contributed by atoms with van der Waals surface area (Å²) < 4.78 is 5.02. The molecule has 0 spiro atoms. The number of aryl methyl sites for hydroxylation is 2. The van der Waals surface area contributed by atoms with Gasteiger partial charge in [-0.2, -0.15) is 0 Å². The van der Waals surface area contributed by atoms with Crippen molar-refractivity contribution in [3.05, 3.63) is 223 Å². The molecule has 64 heavy (non-hydrogen) atoms. The molecule has 1 atom stereocenters. The Kier molecular flexibility index (Phi) is 8.41. The third-order valence-electron chi connectivity index (χ3n) is 13.3. The van der Waals surface area contributed by atoms with E-state index >= 15 is 0 Å². The van der Waals surface area contributed by atoms with Crippen LogP contribution < -0.4 is 0 Å². The van der Waals surface area contributed by atoms with E-state index in [1.165, 1.54) is 71.6 Å². The standard InChI is InChI=1S/C59H41N5/c1-5-16-38(17-6-1)40-28-31-46(32-29-40)63-52-27-15-24-41-30-33-49-55(54(41)52)53(63)37-50-48-25-13-14-26-51(48)64(56(49)50)47-35-44(39-18-7-2-8-19-39)34-45(36-47)59-61-57(42-20-9-3-10-21-42)60-58(62-59)43-22-11-4-12-23-43/h1-22,24-29,31-32,34-37,43H,23,30,33H2. The molecule has 0 saturated carbocycles. The molecule has 1 unspecified atom stereocenters. The van der Waals surface area contributed by atoms with Crippen LogP contribution in [-0.4, -0.2) is 24.1 Å². The fourth-order valence-electron chi connectivity index (χ4n) is 10.4. The van der Waals surface area contributed by atoms with Crippen LogP contribution in [-0.2, 0) is 12.8 Å². The highest BCUT2D eigenvalue weighted by Crippen LogP contribution is 2.47. The second kappa shape index (κ2) is 14.7. The van der Waals surface area contributed by atoms with Crippen LogP contribution in [0, 0.1) is 0 Å². The summed E-state index contributed by atoms with van der Waals surface area (Å²) in [6.45, 7) is 0. The lowest BCUT2D eigenvalue weighted by atomic mass is 9.89. The Morgan fingerprint density at radius 3 is 1.83 bits per heavy atom. The average Bonchev–Trinajstić information content (AvgIpc) is 3.90. The van der Waals surface area contributed by atoms with Crippen molar-refractivity contribution >= 4 is 43.6 Å². The van der Waals surface area contributed by atoms with E-state index in [1.54, 1.807) is 0 Å². The Labute approximate surface area is 371 Å². The van der Waals surface area contributed by atoms with Gasteiger partial charge in [-0.15, -0.1) is 0 Å². The first-order valence-corrected chi connectivity index (χ1v) is 22.3. The minimum Gasteiger partial charge on any atom is -0.309 e. The van der Waals surface area contributed by atoms with Crippen LogP contribution in [0.2, 0.25) is 0 Å². The predicted molar refractivity (Wildman–Crippen MR) is 263 cm³/mol. The maximum absolute atomic E-state index is 5.29. The topological polar surface area (TPSA) is 48.5 Å². The van der Waals surface area contributed by atoms with Gasteiger partial charge in [-0.3, -0.25) is 0 Å². The second-order valence-electron chi connectivity index (χ2n) is 17.1. The molecule has 5 nitrogen and oxygen atoms in total. The fourth-order valence-corrected chi connectivity index (χ4v) is 10.4. The minimum absolute atomic E-state index is 0.0626. The van der Waals surface area contributed by atoms with E-state index in [0.29, 0.717) is 11.6 Å². The Balaban J connectivity index is 1.08. The lowest BCUT2D eigenvalue weighted by Crippen LogP contribution is -2.08. The Morgan fingerprint density at radius 1 is 0.422 bits per heavy atom. The largest absolute Gasteiger partial charge is 0.309 e. The highest BCUT2D eigenvalue weighted by molar-refractivity contribution is 6.22. The zero-order valence-corrected chi connectivity index (χ0v) is 35.1. The van der Waals surface area contributed by atoms with Crippen molar-refractivity contribution in [3.63, 3.8) is 0 Å². The summed E-state index contributed by atoms with van der Waals surface area (Å²) in [4.78, 5) is 15.6.